The Bertz CT molecular complexity index is 1040. The summed E-state index contributed by atoms with van der Waals surface area (Å²) in [5.41, 5.74) is 2.16. The Balaban J connectivity index is 1.86. The molecule has 0 unspecified atom stereocenters. The summed E-state index contributed by atoms with van der Waals surface area (Å²) < 4.78 is 16.9. The molecule has 0 atom stereocenters. The average molecular weight is 397 g/mol. The number of ether oxygens (including phenoxy) is 2. The molecule has 3 aromatic rings. The number of rotatable bonds is 9. The van der Waals surface area contributed by atoms with E-state index in [0.29, 0.717) is 36.7 Å². The predicted molar refractivity (Wildman–Crippen MR) is 114 cm³/mol. The van der Waals surface area contributed by atoms with E-state index in [1.807, 2.05) is 18.2 Å². The van der Waals surface area contributed by atoms with Gasteiger partial charge in [-0.3, -0.25) is 0 Å². The van der Waals surface area contributed by atoms with E-state index in [2.05, 4.69) is 19.2 Å². The number of hydrogen-bond donors (Lipinski definition) is 2. The van der Waals surface area contributed by atoms with Crippen molar-refractivity contribution in [1.82, 2.24) is 0 Å². The predicted octanol–water partition coefficient (Wildman–Crippen LogP) is 5.00. The molecule has 0 bridgehead atoms. The fraction of sp³-hybridized carbons (Fsp3) is 0.348. The number of hydrogen-bond acceptors (Lipinski definition) is 6. The molecular formula is C23H27NO5. The van der Waals surface area contributed by atoms with Crippen LogP contribution in [0.15, 0.2) is 45.6 Å². The summed E-state index contributed by atoms with van der Waals surface area (Å²) in [6.45, 7) is 7.51. The first-order valence-corrected chi connectivity index (χ1v) is 9.92. The molecule has 0 saturated heterocycles. The lowest BCUT2D eigenvalue weighted by Gasteiger charge is -2.15. The highest BCUT2D eigenvalue weighted by Crippen LogP contribution is 2.32. The number of aryl methyl sites for hydroxylation is 1. The summed E-state index contributed by atoms with van der Waals surface area (Å²) >= 11 is 0. The van der Waals surface area contributed by atoms with Crippen molar-refractivity contribution in [1.29, 1.82) is 0 Å². The topological polar surface area (TPSA) is 80.9 Å². The third-order valence-corrected chi connectivity index (χ3v) is 4.57. The van der Waals surface area contributed by atoms with Gasteiger partial charge in [-0.2, -0.15) is 0 Å². The first-order chi connectivity index (χ1) is 14.0. The summed E-state index contributed by atoms with van der Waals surface area (Å²) in [6.07, 6.45) is 1.83. The van der Waals surface area contributed by atoms with E-state index in [-0.39, 0.29) is 5.75 Å². The third-order valence-electron chi connectivity index (χ3n) is 4.57. The fourth-order valence-electron chi connectivity index (χ4n) is 3.03. The molecule has 6 heteroatoms. The van der Waals surface area contributed by atoms with Crippen LogP contribution in [0, 0.1) is 6.92 Å². The molecular weight excluding hydrogens is 370 g/mol. The standard InChI is InChI=1S/C23H27NO5/c1-4-10-27-20-9-6-17(13-21(20)28-11-5-2)24-14-16-12-22(26)29-23-15(3)19(25)8-7-18(16)23/h6-9,12-13,24-25H,4-5,10-11,14H2,1-3H3. The number of benzene rings is 2. The minimum Gasteiger partial charge on any atom is -0.508 e. The first kappa shape index (κ1) is 20.6. The zero-order valence-electron chi connectivity index (χ0n) is 17.1. The van der Waals surface area contributed by atoms with Crippen molar-refractivity contribution in [3.8, 4) is 17.2 Å². The number of aromatic hydroxyl groups is 1. The van der Waals surface area contributed by atoms with Gasteiger partial charge in [-0.05, 0) is 49.6 Å². The molecule has 0 saturated carbocycles. The van der Waals surface area contributed by atoms with Crippen molar-refractivity contribution in [2.45, 2.75) is 40.2 Å². The van der Waals surface area contributed by atoms with Gasteiger partial charge in [0.05, 0.1) is 13.2 Å². The number of phenolic OH excluding ortho intramolecular Hbond substituents is 1. The first-order valence-electron chi connectivity index (χ1n) is 9.92. The molecule has 29 heavy (non-hydrogen) atoms. The maximum Gasteiger partial charge on any atom is 0.336 e. The second-order valence-corrected chi connectivity index (χ2v) is 6.89. The van der Waals surface area contributed by atoms with Gasteiger partial charge in [0.2, 0.25) is 0 Å². The van der Waals surface area contributed by atoms with Gasteiger partial charge in [-0.15, -0.1) is 0 Å². The summed E-state index contributed by atoms with van der Waals surface area (Å²) in [5, 5.41) is 14.0. The quantitative estimate of drug-likeness (QED) is 0.495. The molecule has 0 radical (unpaired) electrons. The monoisotopic (exact) mass is 397 g/mol. The van der Waals surface area contributed by atoms with E-state index in [1.54, 1.807) is 19.1 Å². The summed E-state index contributed by atoms with van der Waals surface area (Å²) in [7, 11) is 0. The van der Waals surface area contributed by atoms with Gasteiger partial charge < -0.3 is 24.3 Å². The second-order valence-electron chi connectivity index (χ2n) is 6.89. The van der Waals surface area contributed by atoms with Crippen molar-refractivity contribution in [2.75, 3.05) is 18.5 Å². The average Bonchev–Trinajstić information content (AvgIpc) is 2.72. The van der Waals surface area contributed by atoms with Crippen LogP contribution in [0.5, 0.6) is 17.2 Å². The molecule has 0 amide bonds. The minimum atomic E-state index is -0.446. The Morgan fingerprint density at radius 1 is 1.00 bits per heavy atom. The Morgan fingerprint density at radius 3 is 2.45 bits per heavy atom. The number of fused-ring (bicyclic) bond motifs is 1. The van der Waals surface area contributed by atoms with Crippen LogP contribution >= 0.6 is 0 Å². The maximum absolute atomic E-state index is 12.0. The summed E-state index contributed by atoms with van der Waals surface area (Å²) in [5.74, 6) is 1.53. The molecule has 0 aliphatic carbocycles. The van der Waals surface area contributed by atoms with Crippen molar-refractivity contribution in [2.24, 2.45) is 0 Å². The van der Waals surface area contributed by atoms with E-state index in [0.717, 1.165) is 35.2 Å². The van der Waals surface area contributed by atoms with E-state index < -0.39 is 5.63 Å². The van der Waals surface area contributed by atoms with Crippen LogP contribution in [-0.4, -0.2) is 18.3 Å². The van der Waals surface area contributed by atoms with Crippen molar-refractivity contribution < 1.29 is 19.0 Å². The highest BCUT2D eigenvalue weighted by molar-refractivity contribution is 5.85. The van der Waals surface area contributed by atoms with Gasteiger partial charge in [0, 0.05) is 35.3 Å². The smallest absolute Gasteiger partial charge is 0.336 e. The zero-order valence-corrected chi connectivity index (χ0v) is 17.1. The zero-order chi connectivity index (χ0) is 20.8. The van der Waals surface area contributed by atoms with Crippen LogP contribution in [0.3, 0.4) is 0 Å². The Hall–Kier alpha value is -3.15. The van der Waals surface area contributed by atoms with Crippen molar-refractivity contribution in [3.63, 3.8) is 0 Å². The van der Waals surface area contributed by atoms with Crippen molar-refractivity contribution in [3.05, 3.63) is 57.9 Å². The molecule has 3 rings (SSSR count). The van der Waals surface area contributed by atoms with Crippen LogP contribution < -0.4 is 20.4 Å². The van der Waals surface area contributed by atoms with E-state index in [9.17, 15) is 9.90 Å². The highest BCUT2D eigenvalue weighted by atomic mass is 16.5. The SMILES string of the molecule is CCCOc1ccc(NCc2cc(=O)oc3c(C)c(O)ccc23)cc1OCCC. The molecule has 1 aromatic heterocycles. The van der Waals surface area contributed by atoms with Gasteiger partial charge in [0.1, 0.15) is 11.3 Å². The van der Waals surface area contributed by atoms with Gasteiger partial charge >= 0.3 is 5.63 Å². The Morgan fingerprint density at radius 2 is 1.72 bits per heavy atom. The molecule has 154 valence electrons. The van der Waals surface area contributed by atoms with Crippen LogP contribution in [0.2, 0.25) is 0 Å². The van der Waals surface area contributed by atoms with Crippen LogP contribution in [0.1, 0.15) is 37.8 Å². The molecule has 2 N–H and O–H groups in total. The second kappa shape index (κ2) is 9.37. The highest BCUT2D eigenvalue weighted by Gasteiger charge is 2.12. The minimum absolute atomic E-state index is 0.103. The molecule has 0 aliphatic heterocycles. The number of anilines is 1. The Kier molecular flexibility index (Phi) is 6.65. The van der Waals surface area contributed by atoms with Crippen LogP contribution in [-0.2, 0) is 6.54 Å². The van der Waals surface area contributed by atoms with E-state index in [4.69, 9.17) is 13.9 Å². The molecule has 0 aliphatic rings. The van der Waals surface area contributed by atoms with Crippen LogP contribution in [0.25, 0.3) is 11.0 Å². The molecule has 2 aromatic carbocycles. The van der Waals surface area contributed by atoms with Gasteiger partial charge in [0.25, 0.3) is 0 Å². The molecule has 0 spiro atoms. The van der Waals surface area contributed by atoms with Gasteiger partial charge in [-0.1, -0.05) is 13.8 Å². The summed E-state index contributed by atoms with van der Waals surface area (Å²) in [4.78, 5) is 12.0. The van der Waals surface area contributed by atoms with Gasteiger partial charge in [-0.25, -0.2) is 4.79 Å². The summed E-state index contributed by atoms with van der Waals surface area (Å²) in [6, 6.07) is 10.6. The van der Waals surface area contributed by atoms with Crippen LogP contribution in [0.4, 0.5) is 5.69 Å². The van der Waals surface area contributed by atoms with E-state index in [1.165, 1.54) is 6.07 Å². The van der Waals surface area contributed by atoms with E-state index >= 15 is 0 Å². The van der Waals surface area contributed by atoms with Gasteiger partial charge in [0.15, 0.2) is 11.5 Å². The maximum atomic E-state index is 12.0. The lowest BCUT2D eigenvalue weighted by atomic mass is 10.1. The normalized spacial score (nSPS) is 10.9. The molecule has 1 heterocycles. The third kappa shape index (κ3) is 4.83. The Labute approximate surface area is 170 Å². The lowest BCUT2D eigenvalue weighted by Crippen LogP contribution is -2.07. The van der Waals surface area contributed by atoms with Crippen molar-refractivity contribution >= 4 is 16.7 Å². The largest absolute Gasteiger partial charge is 0.508 e. The number of phenols is 1. The number of nitrogens with one attached hydrogen (secondary N) is 1. The fourth-order valence-corrected chi connectivity index (χ4v) is 3.03. The lowest BCUT2D eigenvalue weighted by molar-refractivity contribution is 0.268. The molecule has 6 nitrogen and oxygen atoms in total. The molecule has 0 fully saturated rings.